The number of primary amides is 1. The lowest BCUT2D eigenvalue weighted by Gasteiger charge is -2.35. The Morgan fingerprint density at radius 1 is 0.871 bits per heavy atom. The van der Waals surface area contributed by atoms with E-state index in [1.807, 2.05) is 34.7 Å². The molecule has 0 aliphatic rings. The third-order valence-corrected chi connectivity index (χ3v) is 6.47. The number of amides is 2. The van der Waals surface area contributed by atoms with Crippen molar-refractivity contribution in [3.8, 4) is 0 Å². The van der Waals surface area contributed by atoms with Gasteiger partial charge in [-0.2, -0.15) is 0 Å². The van der Waals surface area contributed by atoms with Crippen molar-refractivity contribution in [3.63, 3.8) is 0 Å². The summed E-state index contributed by atoms with van der Waals surface area (Å²) < 4.78 is 1.58. The first-order valence-corrected chi connectivity index (χ1v) is 10.9. The molecule has 0 spiro atoms. The minimum atomic E-state index is -0.523. The van der Waals surface area contributed by atoms with Crippen molar-refractivity contribution in [1.82, 2.24) is 14.3 Å². The van der Waals surface area contributed by atoms with Gasteiger partial charge in [-0.15, -0.1) is 0 Å². The highest BCUT2D eigenvalue weighted by atomic mass is 32.2. The van der Waals surface area contributed by atoms with Crippen molar-refractivity contribution in [1.29, 1.82) is 0 Å². The number of aromatic nitrogens is 2. The van der Waals surface area contributed by atoms with Crippen molar-refractivity contribution in [2.24, 2.45) is 5.73 Å². The van der Waals surface area contributed by atoms with E-state index in [2.05, 4.69) is 83.1 Å². The number of rotatable bonds is 8. The Balaban J connectivity index is 1.78. The minimum Gasteiger partial charge on any atom is -0.352 e. The molecular weight excluding hydrogens is 404 g/mol. The second-order valence-corrected chi connectivity index (χ2v) is 8.35. The molecular formula is C25H24N4OS. The van der Waals surface area contributed by atoms with Gasteiger partial charge in [0.25, 0.3) is 0 Å². The average Bonchev–Trinajstić information content (AvgIpc) is 3.26. The first kappa shape index (κ1) is 20.8. The Morgan fingerprint density at radius 3 is 1.81 bits per heavy atom. The van der Waals surface area contributed by atoms with E-state index in [-0.39, 0.29) is 0 Å². The van der Waals surface area contributed by atoms with Gasteiger partial charge in [-0.05, 0) is 28.6 Å². The molecule has 5 nitrogen and oxygen atoms in total. The normalized spacial score (nSPS) is 11.2. The van der Waals surface area contributed by atoms with Gasteiger partial charge in [0.1, 0.15) is 11.1 Å². The van der Waals surface area contributed by atoms with Gasteiger partial charge in [-0.25, -0.2) is 9.78 Å². The first-order chi connectivity index (χ1) is 15.2. The zero-order valence-electron chi connectivity index (χ0n) is 17.0. The van der Waals surface area contributed by atoms with E-state index in [1.165, 1.54) is 16.7 Å². The molecule has 31 heavy (non-hydrogen) atoms. The maximum Gasteiger partial charge on any atom is 0.312 e. The van der Waals surface area contributed by atoms with Crippen molar-refractivity contribution in [3.05, 3.63) is 126 Å². The molecule has 156 valence electrons. The predicted molar refractivity (Wildman–Crippen MR) is 126 cm³/mol. The third kappa shape index (κ3) is 4.64. The number of urea groups is 1. The number of nitrogens with one attached hydrogen (secondary N) is 1. The van der Waals surface area contributed by atoms with Gasteiger partial charge in [0.2, 0.25) is 0 Å². The van der Waals surface area contributed by atoms with Crippen molar-refractivity contribution < 1.29 is 4.79 Å². The van der Waals surface area contributed by atoms with E-state index < -0.39 is 10.8 Å². The van der Waals surface area contributed by atoms with E-state index in [1.54, 1.807) is 11.9 Å². The largest absolute Gasteiger partial charge is 0.352 e. The van der Waals surface area contributed by atoms with Gasteiger partial charge in [-0.1, -0.05) is 91.0 Å². The van der Waals surface area contributed by atoms with Crippen molar-refractivity contribution in [2.45, 2.75) is 11.2 Å². The van der Waals surface area contributed by atoms with Crippen LogP contribution in [0.1, 0.15) is 22.4 Å². The number of nitrogens with zero attached hydrogens (tertiary/aromatic N) is 2. The maximum atomic E-state index is 10.9. The Labute approximate surface area is 186 Å². The summed E-state index contributed by atoms with van der Waals surface area (Å²) in [7, 11) is 0. The molecule has 0 bridgehead atoms. The fraction of sp³-hybridized carbons (Fsp3) is 0.120. The summed E-state index contributed by atoms with van der Waals surface area (Å²) in [4.78, 5) is 15.5. The summed E-state index contributed by atoms with van der Waals surface area (Å²) in [6, 6.07) is 31.0. The fourth-order valence-corrected chi connectivity index (χ4v) is 4.98. The molecule has 4 aromatic rings. The maximum absolute atomic E-state index is 10.9. The SMILES string of the molecule is NC(=O)NCCc1cn(SC(c2ccccc2)(c2ccccc2)c2ccccc2)cn1. The van der Waals surface area contributed by atoms with Crippen molar-refractivity contribution in [2.75, 3.05) is 6.54 Å². The average molecular weight is 429 g/mol. The van der Waals surface area contributed by atoms with Crippen LogP contribution in [-0.4, -0.2) is 21.5 Å². The van der Waals surface area contributed by atoms with Gasteiger partial charge in [-0.3, -0.25) is 3.97 Å². The summed E-state index contributed by atoms with van der Waals surface area (Å²) in [6.45, 7) is 0.457. The smallest absolute Gasteiger partial charge is 0.312 e. The van der Waals surface area contributed by atoms with Crippen LogP contribution < -0.4 is 11.1 Å². The Bertz CT molecular complexity index is 1020. The molecule has 0 aliphatic carbocycles. The second-order valence-electron chi connectivity index (χ2n) is 7.14. The zero-order chi connectivity index (χ0) is 21.5. The molecule has 6 heteroatoms. The van der Waals surface area contributed by atoms with Gasteiger partial charge < -0.3 is 11.1 Å². The Morgan fingerprint density at radius 2 is 1.35 bits per heavy atom. The third-order valence-electron chi connectivity index (χ3n) is 5.08. The molecule has 1 aromatic heterocycles. The molecule has 0 atom stereocenters. The number of carbonyl (C=O) groups excluding carboxylic acids is 1. The molecule has 4 rings (SSSR count). The van der Waals surface area contributed by atoms with E-state index in [4.69, 9.17) is 5.73 Å². The molecule has 2 amide bonds. The number of hydrogen-bond donors (Lipinski definition) is 2. The standard InChI is InChI=1S/C25H24N4OS/c26-24(30)27-17-16-23-18-29(19-28-23)31-25(20-10-4-1-5-11-20,21-12-6-2-7-13-21)22-14-8-3-9-15-22/h1-15,18-19H,16-17H2,(H3,26,27,30). The molecule has 0 saturated carbocycles. The van der Waals surface area contributed by atoms with Crippen LogP contribution in [0.4, 0.5) is 4.79 Å². The van der Waals surface area contributed by atoms with E-state index in [0.29, 0.717) is 13.0 Å². The molecule has 0 unspecified atom stereocenters. The lowest BCUT2D eigenvalue weighted by atomic mass is 9.84. The Kier molecular flexibility index (Phi) is 6.38. The highest BCUT2D eigenvalue weighted by Crippen LogP contribution is 2.48. The van der Waals surface area contributed by atoms with Crippen LogP contribution in [0.3, 0.4) is 0 Å². The molecule has 1 heterocycles. The van der Waals surface area contributed by atoms with Gasteiger partial charge in [0.05, 0.1) is 5.69 Å². The first-order valence-electron chi connectivity index (χ1n) is 10.1. The van der Waals surface area contributed by atoms with Crippen LogP contribution in [0.5, 0.6) is 0 Å². The molecule has 0 fully saturated rings. The second kappa shape index (κ2) is 9.53. The van der Waals surface area contributed by atoms with E-state index in [9.17, 15) is 4.79 Å². The fourth-order valence-electron chi connectivity index (χ4n) is 3.67. The summed E-state index contributed by atoms with van der Waals surface area (Å²) in [6.07, 6.45) is 4.45. The van der Waals surface area contributed by atoms with Crippen LogP contribution in [0.25, 0.3) is 0 Å². The molecule has 3 aromatic carbocycles. The predicted octanol–water partition coefficient (Wildman–Crippen LogP) is 4.58. The lowest BCUT2D eigenvalue weighted by Crippen LogP contribution is -2.31. The zero-order valence-corrected chi connectivity index (χ0v) is 17.8. The minimum absolute atomic E-state index is 0.457. The van der Waals surface area contributed by atoms with Crippen molar-refractivity contribution >= 4 is 18.0 Å². The summed E-state index contributed by atoms with van der Waals surface area (Å²) in [5.74, 6) is 0. The van der Waals surface area contributed by atoms with E-state index >= 15 is 0 Å². The molecule has 0 radical (unpaired) electrons. The van der Waals surface area contributed by atoms with Crippen LogP contribution >= 0.6 is 11.9 Å². The highest BCUT2D eigenvalue weighted by molar-refractivity contribution is 7.99. The number of carbonyl (C=O) groups is 1. The number of nitrogens with two attached hydrogens (primary N) is 1. The van der Waals surface area contributed by atoms with Gasteiger partial charge in [0, 0.05) is 19.2 Å². The van der Waals surface area contributed by atoms with Crippen LogP contribution in [0, 0.1) is 0 Å². The molecule has 0 saturated heterocycles. The monoisotopic (exact) mass is 428 g/mol. The molecule has 3 N–H and O–H groups in total. The Hall–Kier alpha value is -3.51. The topological polar surface area (TPSA) is 72.9 Å². The summed E-state index contributed by atoms with van der Waals surface area (Å²) >= 11 is 1.70. The van der Waals surface area contributed by atoms with Crippen LogP contribution in [0.15, 0.2) is 104 Å². The highest BCUT2D eigenvalue weighted by Gasteiger charge is 2.38. The molecule has 0 aliphatic heterocycles. The van der Waals surface area contributed by atoms with Crippen LogP contribution in [0.2, 0.25) is 0 Å². The van der Waals surface area contributed by atoms with Crippen LogP contribution in [-0.2, 0) is 11.2 Å². The van der Waals surface area contributed by atoms with Gasteiger partial charge in [0.15, 0.2) is 0 Å². The number of benzene rings is 3. The lowest BCUT2D eigenvalue weighted by molar-refractivity contribution is 0.249. The summed E-state index contributed by atoms with van der Waals surface area (Å²) in [5.41, 5.74) is 9.60. The van der Waals surface area contributed by atoms with E-state index in [0.717, 1.165) is 5.69 Å². The summed E-state index contributed by atoms with van der Waals surface area (Å²) in [5, 5.41) is 2.61. The quantitative estimate of drug-likeness (QED) is 0.404. The number of imidazole rings is 1. The number of hydrogen-bond acceptors (Lipinski definition) is 3. The van der Waals surface area contributed by atoms with Gasteiger partial charge >= 0.3 is 6.03 Å².